The summed E-state index contributed by atoms with van der Waals surface area (Å²) < 4.78 is 0. The van der Waals surface area contributed by atoms with Crippen molar-refractivity contribution >= 4 is 24.3 Å². The molecule has 0 aliphatic carbocycles. The maximum Gasteiger partial charge on any atom is 0.414 e. The first-order valence-electron chi connectivity index (χ1n) is 1.11. The number of aliphatic carboxylic acids is 2. The third kappa shape index (κ3) is 17.9. The Labute approximate surface area is 77.3 Å². The predicted octanol–water partition coefficient (Wildman–Crippen LogP) is -0.428. The number of carboxylic acids is 2. The van der Waals surface area contributed by atoms with Gasteiger partial charge in [-0.25, -0.2) is 9.59 Å². The van der Waals surface area contributed by atoms with Gasteiger partial charge in [0.2, 0.25) is 0 Å². The second-order valence-electron chi connectivity index (χ2n) is 0.610. The van der Waals surface area contributed by atoms with Gasteiger partial charge in [0, 0.05) is 33.0 Å². The Morgan fingerprint density at radius 3 is 1.00 bits per heavy atom. The van der Waals surface area contributed by atoms with Gasteiger partial charge in [-0.3, -0.25) is 0 Å². The fourth-order valence-electron chi connectivity index (χ4n) is 0. The molecule has 4 nitrogen and oxygen atoms in total. The molecule has 0 amide bonds. The Morgan fingerprint density at radius 1 is 0.889 bits per heavy atom. The van der Waals surface area contributed by atoms with Crippen LogP contribution in [0.25, 0.3) is 0 Å². The largest absolute Gasteiger partial charge is 0.473 e. The van der Waals surface area contributed by atoms with Crippen molar-refractivity contribution in [2.24, 2.45) is 0 Å². The van der Waals surface area contributed by atoms with Gasteiger partial charge in [-0.15, -0.1) is 12.4 Å². The molecule has 0 aliphatic rings. The van der Waals surface area contributed by atoms with E-state index < -0.39 is 11.9 Å². The quantitative estimate of drug-likeness (QED) is 0.448. The van der Waals surface area contributed by atoms with E-state index in [1.54, 1.807) is 0 Å². The number of rotatable bonds is 0. The smallest absolute Gasteiger partial charge is 0.414 e. The van der Waals surface area contributed by atoms with Crippen LogP contribution in [0.5, 0.6) is 0 Å². The minimum atomic E-state index is -1.82. The third-order valence-electron chi connectivity index (χ3n) is 0.183. The van der Waals surface area contributed by atoms with Crippen molar-refractivity contribution in [3.8, 4) is 0 Å². The normalized spacial score (nSPS) is 4.89. The van der Waals surface area contributed by atoms with Crippen LogP contribution in [0.4, 0.5) is 0 Å². The van der Waals surface area contributed by atoms with Crippen molar-refractivity contribution < 1.29 is 52.8 Å². The Hall–Kier alpha value is 0.217. The average Bonchev–Trinajstić information content (AvgIpc) is 1.36. The first-order chi connectivity index (χ1) is 2.64. The van der Waals surface area contributed by atoms with Gasteiger partial charge in [-0.1, -0.05) is 0 Å². The molecular formula is C2H3ClNi2O4. The van der Waals surface area contributed by atoms with Crippen molar-refractivity contribution in [2.75, 3.05) is 0 Å². The molecule has 0 fully saturated rings. The van der Waals surface area contributed by atoms with E-state index in [-0.39, 0.29) is 45.4 Å². The zero-order valence-corrected chi connectivity index (χ0v) is 6.54. The van der Waals surface area contributed by atoms with E-state index in [4.69, 9.17) is 19.8 Å². The number of carbonyl (C=O) groups is 2. The third-order valence-corrected chi connectivity index (χ3v) is 0.183. The van der Waals surface area contributed by atoms with Crippen molar-refractivity contribution in [3.63, 3.8) is 0 Å². The fourth-order valence-corrected chi connectivity index (χ4v) is 0. The Bertz CT molecular complexity index is 82.6. The van der Waals surface area contributed by atoms with E-state index in [1.165, 1.54) is 0 Å². The molecule has 0 spiro atoms. The monoisotopic (exact) mass is 242 g/mol. The molecule has 2 N–H and O–H groups in total. The Morgan fingerprint density at radius 2 is 1.00 bits per heavy atom. The van der Waals surface area contributed by atoms with Crippen LogP contribution in [0.15, 0.2) is 0 Å². The van der Waals surface area contributed by atoms with E-state index in [1.807, 2.05) is 0 Å². The predicted molar refractivity (Wildman–Crippen MR) is 22.5 cm³/mol. The SMILES string of the molecule is Cl.O=C(O)C(=O)O.[Ni].[Ni]. The summed E-state index contributed by atoms with van der Waals surface area (Å²) in [7, 11) is 0. The van der Waals surface area contributed by atoms with Gasteiger partial charge in [-0.2, -0.15) is 0 Å². The maximum atomic E-state index is 9.10. The number of halogens is 1. The maximum absolute atomic E-state index is 9.10. The van der Waals surface area contributed by atoms with Crippen molar-refractivity contribution in [1.29, 1.82) is 0 Å². The zero-order chi connectivity index (χ0) is 5.15. The molecule has 62 valence electrons. The van der Waals surface area contributed by atoms with E-state index in [2.05, 4.69) is 0 Å². The molecule has 0 aromatic rings. The molecule has 0 atom stereocenters. The van der Waals surface area contributed by atoms with Crippen LogP contribution < -0.4 is 0 Å². The minimum absolute atomic E-state index is 0. The molecule has 0 aromatic carbocycles. The second-order valence-corrected chi connectivity index (χ2v) is 0.610. The Balaban J connectivity index is -0.0000000417. The molecule has 0 heterocycles. The molecule has 0 saturated carbocycles. The van der Waals surface area contributed by atoms with Crippen LogP contribution in [0.3, 0.4) is 0 Å². The van der Waals surface area contributed by atoms with Gasteiger partial charge >= 0.3 is 11.9 Å². The van der Waals surface area contributed by atoms with Crippen LogP contribution in [-0.2, 0) is 42.6 Å². The second kappa shape index (κ2) is 11.1. The van der Waals surface area contributed by atoms with E-state index in [0.29, 0.717) is 0 Å². The summed E-state index contributed by atoms with van der Waals surface area (Å²) in [4.78, 5) is 18.2. The number of carboxylic acid groups (broad SMARTS) is 2. The Kier molecular flexibility index (Phi) is 28.1. The molecule has 0 rings (SSSR count). The molecule has 0 saturated heterocycles. The van der Waals surface area contributed by atoms with Crippen molar-refractivity contribution in [2.45, 2.75) is 0 Å². The van der Waals surface area contributed by atoms with E-state index >= 15 is 0 Å². The summed E-state index contributed by atoms with van der Waals surface area (Å²) in [5, 5.41) is 14.8. The summed E-state index contributed by atoms with van der Waals surface area (Å²) in [5.41, 5.74) is 0. The van der Waals surface area contributed by atoms with Gasteiger partial charge in [-0.05, 0) is 0 Å². The molecule has 0 aromatic heterocycles. The standard InChI is InChI=1S/C2H2O4.ClH.2Ni/c3-1(4)2(5)6;;;/h(H,3,4)(H,5,6);1H;;. The first kappa shape index (κ1) is 22.9. The first-order valence-corrected chi connectivity index (χ1v) is 1.11. The zero-order valence-electron chi connectivity index (χ0n) is 3.75. The summed E-state index contributed by atoms with van der Waals surface area (Å²) in [6.07, 6.45) is 0. The summed E-state index contributed by atoms with van der Waals surface area (Å²) in [5.74, 6) is -3.65. The molecule has 0 unspecified atom stereocenters. The van der Waals surface area contributed by atoms with Crippen LogP contribution in [0.2, 0.25) is 0 Å². The molecule has 7 heteroatoms. The van der Waals surface area contributed by atoms with E-state index in [0.717, 1.165) is 0 Å². The van der Waals surface area contributed by atoms with Gasteiger partial charge in [0.25, 0.3) is 0 Å². The van der Waals surface area contributed by atoms with E-state index in [9.17, 15) is 0 Å². The van der Waals surface area contributed by atoms with Gasteiger partial charge in [0.15, 0.2) is 0 Å². The van der Waals surface area contributed by atoms with Crippen molar-refractivity contribution in [1.82, 2.24) is 0 Å². The van der Waals surface area contributed by atoms with Gasteiger partial charge < -0.3 is 10.2 Å². The summed E-state index contributed by atoms with van der Waals surface area (Å²) >= 11 is 0. The number of hydrogen-bond donors (Lipinski definition) is 2. The van der Waals surface area contributed by atoms with Gasteiger partial charge in [0.1, 0.15) is 0 Å². The molecule has 0 aliphatic heterocycles. The van der Waals surface area contributed by atoms with Crippen LogP contribution in [0, 0.1) is 0 Å². The topological polar surface area (TPSA) is 74.6 Å². The molecule has 0 radical (unpaired) electrons. The average molecular weight is 244 g/mol. The van der Waals surface area contributed by atoms with Crippen LogP contribution in [-0.4, -0.2) is 22.2 Å². The van der Waals surface area contributed by atoms with Gasteiger partial charge in [0.05, 0.1) is 0 Å². The van der Waals surface area contributed by atoms with Crippen LogP contribution in [0.1, 0.15) is 0 Å². The summed E-state index contributed by atoms with van der Waals surface area (Å²) in [6, 6.07) is 0. The number of hydrogen-bond acceptors (Lipinski definition) is 2. The van der Waals surface area contributed by atoms with Crippen molar-refractivity contribution in [3.05, 3.63) is 0 Å². The summed E-state index contributed by atoms with van der Waals surface area (Å²) in [6.45, 7) is 0. The minimum Gasteiger partial charge on any atom is -0.473 e. The fraction of sp³-hybridized carbons (Fsp3) is 0. The van der Waals surface area contributed by atoms with Crippen LogP contribution >= 0.6 is 12.4 Å². The molecule has 9 heavy (non-hydrogen) atoms. The molecular weight excluding hydrogens is 241 g/mol. The molecule has 0 bridgehead atoms.